The Balaban J connectivity index is 1.42. The van der Waals surface area contributed by atoms with E-state index in [2.05, 4.69) is 27.3 Å². The first kappa shape index (κ1) is 13.5. The van der Waals surface area contributed by atoms with Crippen molar-refractivity contribution in [2.45, 2.75) is 32.1 Å². The van der Waals surface area contributed by atoms with Crippen molar-refractivity contribution in [3.05, 3.63) is 30.1 Å². The number of likely N-dealkylation sites (tertiary alicyclic amines) is 1. The molecule has 18 heavy (non-hydrogen) atoms. The average Bonchev–Trinajstić information content (AvgIpc) is 2.92. The molecule has 2 heterocycles. The number of nitrogens with zero attached hydrogens (tertiary/aromatic N) is 2. The van der Waals surface area contributed by atoms with E-state index in [-0.39, 0.29) is 0 Å². The second kappa shape index (κ2) is 8.22. The third-order valence-electron chi connectivity index (χ3n) is 3.54. The van der Waals surface area contributed by atoms with Gasteiger partial charge in [0.15, 0.2) is 0 Å². The van der Waals surface area contributed by atoms with Crippen LogP contribution in [0, 0.1) is 0 Å². The first-order valence-electron chi connectivity index (χ1n) is 7.28. The molecule has 0 aromatic carbocycles. The summed E-state index contributed by atoms with van der Waals surface area (Å²) >= 11 is 0. The molecule has 1 N–H and O–H groups in total. The Morgan fingerprint density at radius 3 is 2.72 bits per heavy atom. The fraction of sp³-hybridized carbons (Fsp3) is 0.667. The van der Waals surface area contributed by atoms with E-state index in [4.69, 9.17) is 0 Å². The van der Waals surface area contributed by atoms with Crippen LogP contribution in [-0.4, -0.2) is 42.6 Å². The molecule has 0 radical (unpaired) electrons. The molecule has 1 aromatic heterocycles. The van der Waals surface area contributed by atoms with Crippen molar-refractivity contribution < 1.29 is 0 Å². The summed E-state index contributed by atoms with van der Waals surface area (Å²) in [7, 11) is 0. The van der Waals surface area contributed by atoms with Gasteiger partial charge in [-0.2, -0.15) is 0 Å². The topological polar surface area (TPSA) is 28.2 Å². The molecule has 0 atom stereocenters. The van der Waals surface area contributed by atoms with Gasteiger partial charge in [-0.1, -0.05) is 6.07 Å². The Bertz CT molecular complexity index is 307. The van der Waals surface area contributed by atoms with Crippen LogP contribution in [0.4, 0.5) is 0 Å². The third kappa shape index (κ3) is 5.15. The highest BCUT2D eigenvalue weighted by Crippen LogP contribution is 2.06. The van der Waals surface area contributed by atoms with Gasteiger partial charge in [0.25, 0.3) is 0 Å². The molecule has 0 amide bonds. The molecule has 3 nitrogen and oxygen atoms in total. The van der Waals surface area contributed by atoms with Crippen molar-refractivity contribution in [1.82, 2.24) is 15.2 Å². The monoisotopic (exact) mass is 247 g/mol. The summed E-state index contributed by atoms with van der Waals surface area (Å²) in [6, 6.07) is 6.14. The van der Waals surface area contributed by atoms with E-state index in [1.807, 2.05) is 12.3 Å². The maximum absolute atomic E-state index is 4.33. The summed E-state index contributed by atoms with van der Waals surface area (Å²) in [6.07, 6.45) is 8.22. The minimum absolute atomic E-state index is 1.08. The van der Waals surface area contributed by atoms with E-state index < -0.39 is 0 Å². The lowest BCUT2D eigenvalue weighted by atomic mass is 10.2. The van der Waals surface area contributed by atoms with Gasteiger partial charge in [-0.15, -0.1) is 0 Å². The number of hydrogen-bond acceptors (Lipinski definition) is 3. The van der Waals surface area contributed by atoms with Crippen molar-refractivity contribution in [2.24, 2.45) is 0 Å². The zero-order valence-electron chi connectivity index (χ0n) is 11.3. The second-order valence-electron chi connectivity index (χ2n) is 5.08. The number of rotatable bonds is 8. The Hall–Kier alpha value is -0.930. The van der Waals surface area contributed by atoms with Crippen molar-refractivity contribution in [3.63, 3.8) is 0 Å². The van der Waals surface area contributed by atoms with E-state index >= 15 is 0 Å². The van der Waals surface area contributed by atoms with Gasteiger partial charge in [-0.3, -0.25) is 4.98 Å². The Kier molecular flexibility index (Phi) is 6.17. The van der Waals surface area contributed by atoms with E-state index in [9.17, 15) is 0 Å². The van der Waals surface area contributed by atoms with Crippen LogP contribution in [0.2, 0.25) is 0 Å². The smallest absolute Gasteiger partial charge is 0.0404 e. The standard InChI is InChI=1S/C15H25N3/c1-2-11-17-15(7-1)8-5-9-16-10-6-14-18-12-3-4-13-18/h1-2,7,11,16H,3-6,8-10,12-14H2. The Morgan fingerprint density at radius 2 is 1.94 bits per heavy atom. The van der Waals surface area contributed by atoms with Crippen LogP contribution in [0.25, 0.3) is 0 Å². The highest BCUT2D eigenvalue weighted by molar-refractivity contribution is 5.03. The molecular formula is C15H25N3. The van der Waals surface area contributed by atoms with E-state index in [0.717, 1.165) is 19.5 Å². The first-order valence-corrected chi connectivity index (χ1v) is 7.28. The summed E-state index contributed by atoms with van der Waals surface area (Å²) in [6.45, 7) is 6.17. The van der Waals surface area contributed by atoms with Crippen LogP contribution in [-0.2, 0) is 6.42 Å². The molecule has 1 fully saturated rings. The van der Waals surface area contributed by atoms with Gasteiger partial charge in [0.1, 0.15) is 0 Å². The minimum atomic E-state index is 1.08. The number of pyridine rings is 1. The van der Waals surface area contributed by atoms with Gasteiger partial charge >= 0.3 is 0 Å². The van der Waals surface area contributed by atoms with Crippen LogP contribution in [0.15, 0.2) is 24.4 Å². The quantitative estimate of drug-likeness (QED) is 0.713. The molecule has 0 spiro atoms. The third-order valence-corrected chi connectivity index (χ3v) is 3.54. The van der Waals surface area contributed by atoms with Crippen LogP contribution in [0.3, 0.4) is 0 Å². The fourth-order valence-corrected chi connectivity index (χ4v) is 2.50. The molecule has 2 rings (SSSR count). The second-order valence-corrected chi connectivity index (χ2v) is 5.08. The number of nitrogens with one attached hydrogen (secondary N) is 1. The molecule has 0 bridgehead atoms. The molecule has 100 valence electrons. The molecule has 0 unspecified atom stereocenters. The fourth-order valence-electron chi connectivity index (χ4n) is 2.50. The highest BCUT2D eigenvalue weighted by atomic mass is 15.1. The van der Waals surface area contributed by atoms with Crippen LogP contribution in [0.5, 0.6) is 0 Å². The molecule has 1 aliphatic rings. The normalized spacial score (nSPS) is 16.2. The number of aryl methyl sites for hydroxylation is 1. The summed E-state index contributed by atoms with van der Waals surface area (Å²) in [5, 5.41) is 3.53. The molecular weight excluding hydrogens is 222 g/mol. The highest BCUT2D eigenvalue weighted by Gasteiger charge is 2.09. The molecule has 3 heteroatoms. The maximum Gasteiger partial charge on any atom is 0.0404 e. The van der Waals surface area contributed by atoms with Gasteiger partial charge in [0.05, 0.1) is 0 Å². The number of aromatic nitrogens is 1. The van der Waals surface area contributed by atoms with Crippen LogP contribution in [0.1, 0.15) is 31.4 Å². The zero-order chi connectivity index (χ0) is 12.5. The van der Waals surface area contributed by atoms with Crippen molar-refractivity contribution >= 4 is 0 Å². The minimum Gasteiger partial charge on any atom is -0.317 e. The van der Waals surface area contributed by atoms with Crippen molar-refractivity contribution in [2.75, 3.05) is 32.7 Å². The molecule has 1 aliphatic heterocycles. The summed E-state index contributed by atoms with van der Waals surface area (Å²) in [5.74, 6) is 0. The molecule has 0 saturated carbocycles. The Morgan fingerprint density at radius 1 is 1.11 bits per heavy atom. The number of hydrogen-bond donors (Lipinski definition) is 1. The predicted molar refractivity (Wildman–Crippen MR) is 75.7 cm³/mol. The van der Waals surface area contributed by atoms with Gasteiger partial charge in [0.2, 0.25) is 0 Å². The average molecular weight is 247 g/mol. The lowest BCUT2D eigenvalue weighted by molar-refractivity contribution is 0.331. The summed E-state index contributed by atoms with van der Waals surface area (Å²) < 4.78 is 0. The van der Waals surface area contributed by atoms with E-state index in [1.54, 1.807) is 0 Å². The predicted octanol–water partition coefficient (Wildman–Crippen LogP) is 2.09. The van der Waals surface area contributed by atoms with Crippen LogP contribution >= 0.6 is 0 Å². The largest absolute Gasteiger partial charge is 0.317 e. The van der Waals surface area contributed by atoms with Gasteiger partial charge in [-0.25, -0.2) is 0 Å². The van der Waals surface area contributed by atoms with Gasteiger partial charge in [-0.05, 0) is 77.0 Å². The Labute approximate surface area is 111 Å². The maximum atomic E-state index is 4.33. The van der Waals surface area contributed by atoms with Crippen molar-refractivity contribution in [1.29, 1.82) is 0 Å². The first-order chi connectivity index (χ1) is 8.95. The van der Waals surface area contributed by atoms with Gasteiger partial charge < -0.3 is 10.2 Å². The van der Waals surface area contributed by atoms with Crippen LogP contribution < -0.4 is 5.32 Å². The van der Waals surface area contributed by atoms with E-state index in [0.29, 0.717) is 0 Å². The van der Waals surface area contributed by atoms with Gasteiger partial charge in [0, 0.05) is 11.9 Å². The zero-order valence-corrected chi connectivity index (χ0v) is 11.3. The lowest BCUT2D eigenvalue weighted by Crippen LogP contribution is -2.25. The lowest BCUT2D eigenvalue weighted by Gasteiger charge is -2.14. The van der Waals surface area contributed by atoms with E-state index in [1.165, 1.54) is 51.0 Å². The SMILES string of the molecule is c1ccc(CCCNCCCN2CCCC2)nc1. The summed E-state index contributed by atoms with van der Waals surface area (Å²) in [4.78, 5) is 6.91. The molecule has 1 aromatic rings. The van der Waals surface area contributed by atoms with Crippen molar-refractivity contribution in [3.8, 4) is 0 Å². The molecule has 0 aliphatic carbocycles. The molecule has 1 saturated heterocycles. The summed E-state index contributed by atoms with van der Waals surface area (Å²) in [5.41, 5.74) is 1.20.